The van der Waals surface area contributed by atoms with Gasteiger partial charge in [0.05, 0.1) is 6.54 Å². The van der Waals surface area contributed by atoms with Crippen molar-refractivity contribution in [3.8, 4) is 0 Å². The number of aryl methyl sites for hydroxylation is 1. The van der Waals surface area contributed by atoms with Gasteiger partial charge in [-0.05, 0) is 31.0 Å². The molecule has 8 nitrogen and oxygen atoms in total. The van der Waals surface area contributed by atoms with E-state index >= 15 is 0 Å². The zero-order valence-corrected chi connectivity index (χ0v) is 16.5. The molecule has 0 aliphatic heterocycles. The summed E-state index contributed by atoms with van der Waals surface area (Å²) in [5.74, 6) is 0.103. The van der Waals surface area contributed by atoms with Gasteiger partial charge in [-0.3, -0.25) is 24.0 Å². The van der Waals surface area contributed by atoms with Crippen LogP contribution in [0.25, 0.3) is 0 Å². The second-order valence-electron chi connectivity index (χ2n) is 6.79. The number of hydrogen-bond donors (Lipinski definition) is 2. The summed E-state index contributed by atoms with van der Waals surface area (Å²) in [6, 6.07) is 12.4. The largest absolute Gasteiger partial charge is 0.456 e. The Labute approximate surface area is 167 Å². The summed E-state index contributed by atoms with van der Waals surface area (Å²) in [7, 11) is 0. The van der Waals surface area contributed by atoms with Crippen molar-refractivity contribution in [3.05, 3.63) is 80.4 Å². The topological polar surface area (TPSA) is 114 Å². The van der Waals surface area contributed by atoms with Crippen molar-refractivity contribution in [3.63, 3.8) is 0 Å². The van der Waals surface area contributed by atoms with Crippen LogP contribution in [0.1, 0.15) is 41.6 Å². The van der Waals surface area contributed by atoms with E-state index in [0.717, 1.165) is 12.0 Å². The van der Waals surface area contributed by atoms with E-state index in [-0.39, 0.29) is 23.8 Å². The number of hydrogen-bond acceptors (Lipinski definition) is 5. The average molecular weight is 396 g/mol. The van der Waals surface area contributed by atoms with Crippen LogP contribution in [0.2, 0.25) is 0 Å². The predicted octanol–water partition coefficient (Wildman–Crippen LogP) is 2.67. The number of carbonyl (C=O) groups is 1. The molecule has 152 valence electrons. The third kappa shape index (κ3) is 4.31. The number of aromatic amines is 1. The molecule has 0 saturated carbocycles. The molecule has 3 N–H and O–H groups in total. The van der Waals surface area contributed by atoms with Crippen molar-refractivity contribution in [2.24, 2.45) is 0 Å². The second-order valence-corrected chi connectivity index (χ2v) is 6.79. The number of aromatic nitrogens is 2. The highest BCUT2D eigenvalue weighted by Crippen LogP contribution is 2.23. The monoisotopic (exact) mass is 396 g/mol. The summed E-state index contributed by atoms with van der Waals surface area (Å²) in [5.41, 5.74) is 5.65. The highest BCUT2D eigenvalue weighted by atomic mass is 16.3. The molecular formula is C21H24N4O4. The molecule has 0 atom stereocenters. The van der Waals surface area contributed by atoms with Gasteiger partial charge in [0.25, 0.3) is 11.5 Å². The zero-order valence-electron chi connectivity index (χ0n) is 16.5. The van der Waals surface area contributed by atoms with Crippen LogP contribution in [-0.2, 0) is 13.1 Å². The summed E-state index contributed by atoms with van der Waals surface area (Å²) in [6.45, 7) is 4.15. The Balaban J connectivity index is 2.14. The van der Waals surface area contributed by atoms with Gasteiger partial charge in [-0.25, -0.2) is 4.79 Å². The molecule has 1 amide bonds. The van der Waals surface area contributed by atoms with Crippen molar-refractivity contribution in [1.29, 1.82) is 0 Å². The van der Waals surface area contributed by atoms with Gasteiger partial charge in [0.1, 0.15) is 11.6 Å². The van der Waals surface area contributed by atoms with Gasteiger partial charge < -0.3 is 10.2 Å². The van der Waals surface area contributed by atoms with Crippen LogP contribution in [0.3, 0.4) is 0 Å². The van der Waals surface area contributed by atoms with E-state index in [9.17, 15) is 14.4 Å². The predicted molar refractivity (Wildman–Crippen MR) is 111 cm³/mol. The maximum absolute atomic E-state index is 13.2. The van der Waals surface area contributed by atoms with Gasteiger partial charge in [-0.15, -0.1) is 0 Å². The fourth-order valence-corrected chi connectivity index (χ4v) is 3.08. The van der Waals surface area contributed by atoms with Crippen LogP contribution < -0.4 is 21.9 Å². The number of nitrogens with zero attached hydrogens (tertiary/aromatic N) is 2. The Kier molecular flexibility index (Phi) is 6.01. The third-order valence-corrected chi connectivity index (χ3v) is 4.60. The van der Waals surface area contributed by atoms with E-state index in [0.29, 0.717) is 18.7 Å². The Morgan fingerprint density at radius 2 is 1.90 bits per heavy atom. The maximum atomic E-state index is 13.2. The van der Waals surface area contributed by atoms with Crippen LogP contribution in [0.15, 0.2) is 56.5 Å². The molecule has 2 heterocycles. The number of amides is 1. The summed E-state index contributed by atoms with van der Waals surface area (Å²) in [5, 5.41) is 0. The molecule has 0 fully saturated rings. The Bertz CT molecular complexity index is 1110. The molecule has 0 unspecified atom stereocenters. The third-order valence-electron chi connectivity index (χ3n) is 4.60. The molecule has 3 aromatic rings. The Hall–Kier alpha value is -3.55. The molecule has 29 heavy (non-hydrogen) atoms. The summed E-state index contributed by atoms with van der Waals surface area (Å²) >= 11 is 0. The number of H-pyrrole nitrogens is 1. The van der Waals surface area contributed by atoms with Gasteiger partial charge in [-0.1, -0.05) is 43.7 Å². The molecule has 3 rings (SSSR count). The van der Waals surface area contributed by atoms with E-state index in [1.54, 1.807) is 19.1 Å². The minimum absolute atomic E-state index is 0.0419. The second kappa shape index (κ2) is 8.64. The Morgan fingerprint density at radius 1 is 1.17 bits per heavy atom. The number of rotatable bonds is 7. The smallest absolute Gasteiger partial charge is 0.330 e. The van der Waals surface area contributed by atoms with Gasteiger partial charge in [0.15, 0.2) is 11.4 Å². The van der Waals surface area contributed by atoms with Gasteiger partial charge in [0, 0.05) is 6.54 Å². The normalized spacial score (nSPS) is 10.8. The number of unbranched alkanes of at least 4 members (excludes halogenated alkanes) is 1. The van der Waals surface area contributed by atoms with Crippen LogP contribution >= 0.6 is 0 Å². The molecule has 0 radical (unpaired) electrons. The number of nitrogens with one attached hydrogen (secondary N) is 1. The molecule has 0 aliphatic rings. The maximum Gasteiger partial charge on any atom is 0.330 e. The summed E-state index contributed by atoms with van der Waals surface area (Å²) < 4.78 is 6.76. The van der Waals surface area contributed by atoms with E-state index in [1.165, 1.54) is 9.47 Å². The van der Waals surface area contributed by atoms with Crippen LogP contribution in [0.5, 0.6) is 0 Å². The average Bonchev–Trinajstić information content (AvgIpc) is 3.13. The lowest BCUT2D eigenvalue weighted by molar-refractivity contribution is 0.0956. The van der Waals surface area contributed by atoms with E-state index in [1.807, 2.05) is 37.3 Å². The van der Waals surface area contributed by atoms with Crippen LogP contribution in [0, 0.1) is 6.92 Å². The molecule has 0 saturated heterocycles. The zero-order chi connectivity index (χ0) is 21.0. The molecule has 0 bridgehead atoms. The highest BCUT2D eigenvalue weighted by Gasteiger charge is 2.27. The van der Waals surface area contributed by atoms with Gasteiger partial charge >= 0.3 is 5.69 Å². The molecular weight excluding hydrogens is 372 g/mol. The Morgan fingerprint density at radius 3 is 2.52 bits per heavy atom. The van der Waals surface area contributed by atoms with Crippen molar-refractivity contribution in [1.82, 2.24) is 9.55 Å². The van der Waals surface area contributed by atoms with Crippen LogP contribution in [0.4, 0.5) is 11.5 Å². The van der Waals surface area contributed by atoms with Crippen LogP contribution in [-0.4, -0.2) is 15.5 Å². The SMILES string of the molecule is CCCCn1c(N)c(N(Cc2ccccc2)C(=O)c2ccc(C)o2)c(=O)[nH]c1=O. The van der Waals surface area contributed by atoms with E-state index in [4.69, 9.17) is 10.2 Å². The first-order chi connectivity index (χ1) is 13.9. The highest BCUT2D eigenvalue weighted by molar-refractivity contribution is 6.05. The first-order valence-electron chi connectivity index (χ1n) is 9.47. The summed E-state index contributed by atoms with van der Waals surface area (Å²) in [4.78, 5) is 41.7. The minimum atomic E-state index is -0.715. The van der Waals surface area contributed by atoms with E-state index < -0.39 is 17.2 Å². The fourth-order valence-electron chi connectivity index (χ4n) is 3.08. The molecule has 0 spiro atoms. The first kappa shape index (κ1) is 20.2. The van der Waals surface area contributed by atoms with Crippen molar-refractivity contribution in [2.75, 3.05) is 10.6 Å². The number of nitrogens with two attached hydrogens (primary N) is 1. The lowest BCUT2D eigenvalue weighted by atomic mass is 10.2. The number of furan rings is 1. The van der Waals surface area contributed by atoms with E-state index in [2.05, 4.69) is 4.98 Å². The van der Waals surface area contributed by atoms with Gasteiger partial charge in [0.2, 0.25) is 0 Å². The minimum Gasteiger partial charge on any atom is -0.456 e. The first-order valence-corrected chi connectivity index (χ1v) is 9.47. The number of anilines is 2. The van der Waals surface area contributed by atoms with Crippen molar-refractivity contribution < 1.29 is 9.21 Å². The van der Waals surface area contributed by atoms with Crippen molar-refractivity contribution >= 4 is 17.4 Å². The number of benzene rings is 1. The lowest BCUT2D eigenvalue weighted by Gasteiger charge is -2.24. The molecule has 1 aromatic carbocycles. The lowest BCUT2D eigenvalue weighted by Crippen LogP contribution is -2.40. The summed E-state index contributed by atoms with van der Waals surface area (Å²) in [6.07, 6.45) is 1.55. The fraction of sp³-hybridized carbons (Fsp3) is 0.286. The van der Waals surface area contributed by atoms with Gasteiger partial charge in [-0.2, -0.15) is 0 Å². The number of nitrogen functional groups attached to an aromatic ring is 1. The number of carbonyl (C=O) groups excluding carboxylic acids is 1. The molecule has 2 aromatic heterocycles. The van der Waals surface area contributed by atoms with Crippen molar-refractivity contribution in [2.45, 2.75) is 39.8 Å². The quantitative estimate of drug-likeness (QED) is 0.637. The standard InChI is InChI=1S/C21H24N4O4/c1-3-4-12-24-18(22)17(19(26)23-21(24)28)25(13-15-8-6-5-7-9-15)20(27)16-11-10-14(2)29-16/h5-11H,3-4,12-13,22H2,1-2H3,(H,23,26,28). The molecule has 8 heteroatoms. The molecule has 0 aliphatic carbocycles.